The first-order valence-electron chi connectivity index (χ1n) is 9.97. The fraction of sp³-hybridized carbons (Fsp3) is 0.550. The number of aromatic nitrogens is 3. The Hall–Kier alpha value is -2.61. The number of anilines is 1. The summed E-state index contributed by atoms with van der Waals surface area (Å²) in [6.45, 7) is 10.4. The molecule has 152 valence electrons. The average molecular weight is 387 g/mol. The number of esters is 1. The zero-order chi connectivity index (χ0) is 19.8. The maximum atomic E-state index is 11.9. The van der Waals surface area contributed by atoms with E-state index in [1.807, 2.05) is 19.1 Å². The summed E-state index contributed by atoms with van der Waals surface area (Å²) in [5.41, 5.74) is 1.59. The van der Waals surface area contributed by atoms with Crippen molar-refractivity contribution in [2.24, 2.45) is 0 Å². The molecule has 1 aliphatic heterocycles. The van der Waals surface area contributed by atoms with Crippen LogP contribution in [0.5, 0.6) is 5.75 Å². The van der Waals surface area contributed by atoms with Crippen molar-refractivity contribution < 1.29 is 14.3 Å². The summed E-state index contributed by atoms with van der Waals surface area (Å²) < 4.78 is 12.4. The number of hydrogen-bond donors (Lipinski definition) is 0. The van der Waals surface area contributed by atoms with Crippen LogP contribution < -0.4 is 9.64 Å². The van der Waals surface area contributed by atoms with E-state index in [4.69, 9.17) is 9.47 Å². The lowest BCUT2D eigenvalue weighted by atomic mass is 10.2. The zero-order valence-electron chi connectivity index (χ0n) is 16.7. The third-order valence-corrected chi connectivity index (χ3v) is 4.82. The maximum Gasteiger partial charge on any atom is 0.358 e. The van der Waals surface area contributed by atoms with Crippen molar-refractivity contribution in [1.82, 2.24) is 19.9 Å². The maximum absolute atomic E-state index is 11.9. The van der Waals surface area contributed by atoms with Gasteiger partial charge >= 0.3 is 5.97 Å². The number of rotatable bonds is 9. The molecule has 0 aliphatic carbocycles. The van der Waals surface area contributed by atoms with Crippen molar-refractivity contribution in [2.75, 3.05) is 50.8 Å². The first-order valence-corrected chi connectivity index (χ1v) is 9.97. The minimum Gasteiger partial charge on any atom is -0.492 e. The Balaban J connectivity index is 1.46. The lowest BCUT2D eigenvalue weighted by Crippen LogP contribution is -2.46. The molecule has 1 fully saturated rings. The van der Waals surface area contributed by atoms with Gasteiger partial charge in [-0.1, -0.05) is 17.3 Å². The molecule has 1 aromatic carbocycles. The van der Waals surface area contributed by atoms with Crippen LogP contribution in [0.25, 0.3) is 0 Å². The second-order valence-corrected chi connectivity index (χ2v) is 6.65. The van der Waals surface area contributed by atoms with E-state index >= 15 is 0 Å². The Labute approximate surface area is 166 Å². The Morgan fingerprint density at radius 3 is 2.61 bits per heavy atom. The van der Waals surface area contributed by atoms with Gasteiger partial charge in [0, 0.05) is 39.3 Å². The first-order chi connectivity index (χ1) is 13.7. The van der Waals surface area contributed by atoms with Gasteiger partial charge < -0.3 is 14.4 Å². The number of carbonyl (C=O) groups is 1. The molecule has 8 nitrogen and oxygen atoms in total. The molecule has 1 aliphatic rings. The van der Waals surface area contributed by atoms with Gasteiger partial charge in [-0.05, 0) is 32.4 Å². The summed E-state index contributed by atoms with van der Waals surface area (Å²) in [7, 11) is 0. The number of piperazine rings is 1. The van der Waals surface area contributed by atoms with E-state index in [1.54, 1.807) is 11.6 Å². The summed E-state index contributed by atoms with van der Waals surface area (Å²) in [6, 6.07) is 8.23. The minimum atomic E-state index is -0.367. The Bertz CT molecular complexity index is 756. The van der Waals surface area contributed by atoms with E-state index in [-0.39, 0.29) is 5.97 Å². The Morgan fingerprint density at radius 2 is 1.86 bits per heavy atom. The number of nitrogens with zero attached hydrogens (tertiary/aromatic N) is 5. The van der Waals surface area contributed by atoms with Gasteiger partial charge in [-0.3, -0.25) is 4.90 Å². The Morgan fingerprint density at radius 1 is 1.07 bits per heavy atom. The van der Waals surface area contributed by atoms with Crippen molar-refractivity contribution in [3.8, 4) is 5.75 Å². The first kappa shape index (κ1) is 20.1. The van der Waals surface area contributed by atoms with Crippen LogP contribution in [0.2, 0.25) is 0 Å². The molecule has 0 saturated carbocycles. The van der Waals surface area contributed by atoms with E-state index in [0.29, 0.717) is 25.5 Å². The van der Waals surface area contributed by atoms with E-state index in [9.17, 15) is 4.79 Å². The van der Waals surface area contributed by atoms with Gasteiger partial charge in [-0.2, -0.15) is 0 Å². The summed E-state index contributed by atoms with van der Waals surface area (Å²) in [5.74, 6) is 0.588. The molecule has 3 rings (SSSR count). The van der Waals surface area contributed by atoms with Gasteiger partial charge in [-0.25, -0.2) is 9.48 Å². The monoisotopic (exact) mass is 387 g/mol. The third-order valence-electron chi connectivity index (χ3n) is 4.82. The topological polar surface area (TPSA) is 72.7 Å². The van der Waals surface area contributed by atoms with Crippen LogP contribution in [-0.4, -0.2) is 71.8 Å². The molecule has 0 atom stereocenters. The lowest BCUT2D eigenvalue weighted by molar-refractivity contribution is 0.0511. The highest BCUT2D eigenvalue weighted by molar-refractivity contribution is 5.87. The van der Waals surface area contributed by atoms with Gasteiger partial charge in [0.1, 0.15) is 5.75 Å². The van der Waals surface area contributed by atoms with E-state index in [1.165, 1.54) is 11.9 Å². The second kappa shape index (κ2) is 10.1. The molecule has 1 saturated heterocycles. The molecule has 28 heavy (non-hydrogen) atoms. The Kier molecular flexibility index (Phi) is 7.25. The van der Waals surface area contributed by atoms with E-state index < -0.39 is 0 Å². The largest absolute Gasteiger partial charge is 0.492 e. The molecular weight excluding hydrogens is 358 g/mol. The van der Waals surface area contributed by atoms with Crippen LogP contribution >= 0.6 is 0 Å². The second-order valence-electron chi connectivity index (χ2n) is 6.65. The highest BCUT2D eigenvalue weighted by Gasteiger charge is 2.20. The third kappa shape index (κ3) is 5.01. The van der Waals surface area contributed by atoms with Gasteiger partial charge in [0.2, 0.25) is 0 Å². The van der Waals surface area contributed by atoms with Crippen LogP contribution in [0, 0.1) is 0 Å². The highest BCUT2D eigenvalue weighted by Crippen LogP contribution is 2.28. The van der Waals surface area contributed by atoms with Crippen LogP contribution in [0.15, 0.2) is 30.5 Å². The SMILES string of the molecule is CCOC(=O)c1cnnn1CCCN1CCN(c2ccccc2OCC)CC1. The summed E-state index contributed by atoms with van der Waals surface area (Å²) in [4.78, 5) is 16.7. The molecule has 0 amide bonds. The van der Waals surface area contributed by atoms with Crippen LogP contribution in [0.4, 0.5) is 5.69 Å². The molecule has 8 heteroatoms. The molecule has 2 aromatic rings. The summed E-state index contributed by atoms with van der Waals surface area (Å²) in [6.07, 6.45) is 2.37. The predicted molar refractivity (Wildman–Crippen MR) is 107 cm³/mol. The number of aryl methyl sites for hydroxylation is 1. The van der Waals surface area contributed by atoms with Crippen LogP contribution in [-0.2, 0) is 11.3 Å². The van der Waals surface area contributed by atoms with Crippen LogP contribution in [0.1, 0.15) is 30.8 Å². The fourth-order valence-corrected chi connectivity index (χ4v) is 3.44. The normalized spacial score (nSPS) is 14.9. The van der Waals surface area contributed by atoms with E-state index in [2.05, 4.69) is 32.2 Å². The molecule has 0 bridgehead atoms. The molecule has 2 heterocycles. The number of hydrogen-bond acceptors (Lipinski definition) is 7. The summed E-state index contributed by atoms with van der Waals surface area (Å²) in [5, 5.41) is 7.84. The lowest BCUT2D eigenvalue weighted by Gasteiger charge is -2.36. The summed E-state index contributed by atoms with van der Waals surface area (Å²) >= 11 is 0. The van der Waals surface area contributed by atoms with E-state index in [0.717, 1.165) is 44.9 Å². The highest BCUT2D eigenvalue weighted by atomic mass is 16.5. The predicted octanol–water partition coefficient (Wildman–Crippen LogP) is 2.07. The van der Waals surface area contributed by atoms with Crippen LogP contribution in [0.3, 0.4) is 0 Å². The molecule has 0 spiro atoms. The zero-order valence-corrected chi connectivity index (χ0v) is 16.7. The average Bonchev–Trinajstić information content (AvgIpc) is 3.18. The van der Waals surface area contributed by atoms with Crippen molar-refractivity contribution in [1.29, 1.82) is 0 Å². The standard InChI is InChI=1S/C20H29N5O3/c1-3-27-19-9-6-5-8-17(19)24-14-12-23(13-15-24)10-7-11-25-18(16-21-22-25)20(26)28-4-2/h5-6,8-9,16H,3-4,7,10-15H2,1-2H3. The van der Waals surface area contributed by atoms with Gasteiger partial charge in [-0.15, -0.1) is 5.10 Å². The molecule has 1 aromatic heterocycles. The molecule has 0 radical (unpaired) electrons. The van der Waals surface area contributed by atoms with Gasteiger partial charge in [0.25, 0.3) is 0 Å². The molecule has 0 unspecified atom stereocenters. The van der Waals surface area contributed by atoms with Crippen molar-refractivity contribution in [3.05, 3.63) is 36.2 Å². The molecule has 0 N–H and O–H groups in total. The smallest absolute Gasteiger partial charge is 0.358 e. The quantitative estimate of drug-likeness (QED) is 0.610. The number of ether oxygens (including phenoxy) is 2. The number of carbonyl (C=O) groups excluding carboxylic acids is 1. The number of para-hydroxylation sites is 2. The van der Waals surface area contributed by atoms with Gasteiger partial charge in [0.15, 0.2) is 5.69 Å². The minimum absolute atomic E-state index is 0.348. The molecular formula is C20H29N5O3. The number of benzene rings is 1. The van der Waals surface area contributed by atoms with Crippen molar-refractivity contribution in [3.63, 3.8) is 0 Å². The van der Waals surface area contributed by atoms with Crippen molar-refractivity contribution >= 4 is 11.7 Å². The van der Waals surface area contributed by atoms with Gasteiger partial charge in [0.05, 0.1) is 25.1 Å². The fourth-order valence-electron chi connectivity index (χ4n) is 3.44. The van der Waals surface area contributed by atoms with Crippen molar-refractivity contribution in [2.45, 2.75) is 26.8 Å².